The van der Waals surface area contributed by atoms with E-state index in [1.807, 2.05) is 50.4 Å². The van der Waals surface area contributed by atoms with Crippen molar-refractivity contribution in [2.24, 2.45) is 0 Å². The lowest BCUT2D eigenvalue weighted by Crippen LogP contribution is -2.51. The van der Waals surface area contributed by atoms with E-state index in [0.717, 1.165) is 44.2 Å². The van der Waals surface area contributed by atoms with Crippen molar-refractivity contribution in [2.45, 2.75) is 19.9 Å². The van der Waals surface area contributed by atoms with Crippen molar-refractivity contribution in [1.29, 1.82) is 0 Å². The molecule has 162 valence electrons. The molecule has 1 aromatic carbocycles. The van der Waals surface area contributed by atoms with Crippen molar-refractivity contribution in [3.63, 3.8) is 0 Å². The van der Waals surface area contributed by atoms with Crippen LogP contribution in [0.1, 0.15) is 23.1 Å². The van der Waals surface area contributed by atoms with Crippen LogP contribution >= 0.6 is 11.6 Å². The number of rotatable bonds is 6. The summed E-state index contributed by atoms with van der Waals surface area (Å²) < 4.78 is 1.63. The number of aromatic nitrogens is 4. The minimum atomic E-state index is -0.217. The molecule has 3 aromatic rings. The maximum Gasteiger partial charge on any atom is 0.274 e. The summed E-state index contributed by atoms with van der Waals surface area (Å²) in [7, 11) is 0. The summed E-state index contributed by atoms with van der Waals surface area (Å²) in [6.07, 6.45) is 1.82. The molecule has 1 fully saturated rings. The number of piperazine rings is 1. The van der Waals surface area contributed by atoms with Gasteiger partial charge in [-0.25, -0.2) is 9.67 Å². The number of benzene rings is 1. The number of hydrogen-bond donors (Lipinski definition) is 1. The first-order valence-corrected chi connectivity index (χ1v) is 10.8. The lowest BCUT2D eigenvalue weighted by atomic mass is 10.2. The first kappa shape index (κ1) is 21.3. The molecule has 1 unspecified atom stereocenters. The fourth-order valence-corrected chi connectivity index (χ4v) is 4.00. The molecule has 1 amide bonds. The van der Waals surface area contributed by atoms with Gasteiger partial charge in [0.1, 0.15) is 5.82 Å². The highest BCUT2D eigenvalue weighted by molar-refractivity contribution is 6.30. The molecule has 2 aromatic heterocycles. The first-order chi connectivity index (χ1) is 15.0. The van der Waals surface area contributed by atoms with Crippen molar-refractivity contribution < 1.29 is 4.79 Å². The Labute approximate surface area is 186 Å². The smallest absolute Gasteiger partial charge is 0.274 e. The van der Waals surface area contributed by atoms with Gasteiger partial charge in [0.15, 0.2) is 5.69 Å². The van der Waals surface area contributed by atoms with Gasteiger partial charge >= 0.3 is 0 Å². The molecule has 3 heterocycles. The second-order valence-corrected chi connectivity index (χ2v) is 8.20. The number of carbonyl (C=O) groups excluding carboxylic acids is 1. The van der Waals surface area contributed by atoms with Gasteiger partial charge in [0, 0.05) is 50.0 Å². The predicted molar refractivity (Wildman–Crippen MR) is 121 cm³/mol. The largest absolute Gasteiger partial charge is 0.354 e. The molecular weight excluding hydrogens is 414 g/mol. The van der Waals surface area contributed by atoms with Gasteiger partial charge in [-0.2, -0.15) is 0 Å². The van der Waals surface area contributed by atoms with Crippen LogP contribution in [-0.4, -0.2) is 69.6 Å². The van der Waals surface area contributed by atoms with Crippen molar-refractivity contribution in [2.75, 3.05) is 37.6 Å². The summed E-state index contributed by atoms with van der Waals surface area (Å²) in [5, 5.41) is 11.9. The van der Waals surface area contributed by atoms with Crippen molar-refractivity contribution in [1.82, 2.24) is 30.2 Å². The standard InChI is InChI=1S/C22H26ClN7O/c1-16(15-28-10-12-29(13-11-28)20-8-3-4-9-24-20)25-22(31)21-17(2)30(27-26-21)19-7-5-6-18(23)14-19/h3-9,14,16H,10-13,15H2,1-2H3,(H,25,31). The molecule has 31 heavy (non-hydrogen) atoms. The highest BCUT2D eigenvalue weighted by Gasteiger charge is 2.22. The van der Waals surface area contributed by atoms with Gasteiger partial charge in [-0.3, -0.25) is 9.69 Å². The Hall–Kier alpha value is -2.97. The summed E-state index contributed by atoms with van der Waals surface area (Å²) >= 11 is 6.07. The van der Waals surface area contributed by atoms with Gasteiger partial charge in [0.25, 0.3) is 5.91 Å². The van der Waals surface area contributed by atoms with Crippen LogP contribution in [0.15, 0.2) is 48.7 Å². The van der Waals surface area contributed by atoms with Crippen molar-refractivity contribution in [3.8, 4) is 5.69 Å². The van der Waals surface area contributed by atoms with Gasteiger partial charge in [0.05, 0.1) is 11.4 Å². The highest BCUT2D eigenvalue weighted by atomic mass is 35.5. The number of anilines is 1. The van der Waals surface area contributed by atoms with Crippen LogP contribution in [0.25, 0.3) is 5.69 Å². The number of amides is 1. The van der Waals surface area contributed by atoms with E-state index in [9.17, 15) is 4.79 Å². The molecule has 1 saturated heterocycles. The Balaban J connectivity index is 1.31. The van der Waals surface area contributed by atoms with Crippen LogP contribution < -0.4 is 10.2 Å². The van der Waals surface area contributed by atoms with Gasteiger partial charge < -0.3 is 10.2 Å². The summed E-state index contributed by atoms with van der Waals surface area (Å²) in [6.45, 7) is 8.33. The van der Waals surface area contributed by atoms with E-state index >= 15 is 0 Å². The topological polar surface area (TPSA) is 79.2 Å². The van der Waals surface area contributed by atoms with Crippen LogP contribution in [0.2, 0.25) is 5.02 Å². The maximum atomic E-state index is 12.8. The Morgan fingerprint density at radius 1 is 1.16 bits per heavy atom. The van der Waals surface area contributed by atoms with Gasteiger partial charge in [-0.1, -0.05) is 28.9 Å². The molecule has 0 saturated carbocycles. The molecule has 4 rings (SSSR count). The van der Waals surface area contributed by atoms with E-state index in [2.05, 4.69) is 30.4 Å². The van der Waals surface area contributed by atoms with Crippen LogP contribution in [0.5, 0.6) is 0 Å². The number of halogens is 1. The zero-order valence-electron chi connectivity index (χ0n) is 17.7. The molecule has 0 radical (unpaired) electrons. The highest BCUT2D eigenvalue weighted by Crippen LogP contribution is 2.17. The van der Waals surface area contributed by atoms with Crippen LogP contribution in [0, 0.1) is 6.92 Å². The second-order valence-electron chi connectivity index (χ2n) is 7.77. The van der Waals surface area contributed by atoms with Crippen LogP contribution in [-0.2, 0) is 0 Å². The van der Waals surface area contributed by atoms with E-state index in [0.29, 0.717) is 16.4 Å². The lowest BCUT2D eigenvalue weighted by molar-refractivity contribution is 0.0922. The average Bonchev–Trinajstić information content (AvgIpc) is 3.16. The van der Waals surface area contributed by atoms with Crippen LogP contribution in [0.3, 0.4) is 0 Å². The minimum absolute atomic E-state index is 0.00961. The number of nitrogens with one attached hydrogen (secondary N) is 1. The third-order valence-corrected chi connectivity index (χ3v) is 5.65. The normalized spacial score (nSPS) is 15.6. The first-order valence-electron chi connectivity index (χ1n) is 10.4. The van der Waals surface area contributed by atoms with Crippen molar-refractivity contribution >= 4 is 23.3 Å². The molecular formula is C22H26ClN7O. The molecule has 8 nitrogen and oxygen atoms in total. The SMILES string of the molecule is Cc1c(C(=O)NC(C)CN2CCN(c3ccccn3)CC2)nnn1-c1cccc(Cl)c1. The Morgan fingerprint density at radius 2 is 1.97 bits per heavy atom. The fraction of sp³-hybridized carbons (Fsp3) is 0.364. The zero-order chi connectivity index (χ0) is 21.8. The minimum Gasteiger partial charge on any atom is -0.354 e. The maximum absolute atomic E-state index is 12.8. The third-order valence-electron chi connectivity index (χ3n) is 5.42. The molecule has 0 spiro atoms. The Kier molecular flexibility index (Phi) is 6.48. The number of nitrogens with zero attached hydrogens (tertiary/aromatic N) is 6. The molecule has 0 bridgehead atoms. The second kappa shape index (κ2) is 9.45. The lowest BCUT2D eigenvalue weighted by Gasteiger charge is -2.36. The molecule has 0 aliphatic carbocycles. The van der Waals surface area contributed by atoms with Gasteiger partial charge in [0.2, 0.25) is 0 Å². The molecule has 1 aliphatic rings. The number of pyridine rings is 1. The molecule has 9 heteroatoms. The van der Waals surface area contributed by atoms with E-state index in [4.69, 9.17) is 11.6 Å². The molecule has 1 atom stereocenters. The van der Waals surface area contributed by atoms with Crippen molar-refractivity contribution in [3.05, 3.63) is 65.1 Å². The van der Waals surface area contributed by atoms with Gasteiger partial charge in [-0.15, -0.1) is 5.10 Å². The summed E-state index contributed by atoms with van der Waals surface area (Å²) in [4.78, 5) is 21.9. The zero-order valence-corrected chi connectivity index (χ0v) is 18.5. The van der Waals surface area contributed by atoms with E-state index in [1.54, 1.807) is 16.8 Å². The average molecular weight is 440 g/mol. The number of hydrogen-bond acceptors (Lipinski definition) is 6. The van der Waals surface area contributed by atoms with Crippen LogP contribution in [0.4, 0.5) is 5.82 Å². The summed E-state index contributed by atoms with van der Waals surface area (Å²) in [5.74, 6) is 0.798. The monoisotopic (exact) mass is 439 g/mol. The van der Waals surface area contributed by atoms with E-state index < -0.39 is 0 Å². The fourth-order valence-electron chi connectivity index (χ4n) is 3.82. The quantitative estimate of drug-likeness (QED) is 0.636. The predicted octanol–water partition coefficient (Wildman–Crippen LogP) is 2.56. The Bertz CT molecular complexity index is 1030. The van der Waals surface area contributed by atoms with Gasteiger partial charge in [-0.05, 0) is 44.2 Å². The number of carbonyl (C=O) groups is 1. The third kappa shape index (κ3) is 5.03. The summed E-state index contributed by atoms with van der Waals surface area (Å²) in [5.41, 5.74) is 1.78. The summed E-state index contributed by atoms with van der Waals surface area (Å²) in [6, 6.07) is 13.3. The van der Waals surface area contributed by atoms with E-state index in [-0.39, 0.29) is 11.9 Å². The van der Waals surface area contributed by atoms with E-state index in [1.165, 1.54) is 0 Å². The molecule has 1 N–H and O–H groups in total. The molecule has 1 aliphatic heterocycles. The Morgan fingerprint density at radius 3 is 2.68 bits per heavy atom.